The second kappa shape index (κ2) is 4.06. The lowest BCUT2D eigenvalue weighted by Gasteiger charge is -2.20. The van der Waals surface area contributed by atoms with Crippen LogP contribution in [-0.4, -0.2) is 39.3 Å². The third kappa shape index (κ3) is 1.93. The van der Waals surface area contributed by atoms with Gasteiger partial charge in [-0.1, -0.05) is 5.16 Å². The van der Waals surface area contributed by atoms with Crippen LogP contribution in [0.4, 0.5) is 0 Å². The average molecular weight is 197 g/mol. The Morgan fingerprint density at radius 2 is 2.50 bits per heavy atom. The molecule has 1 atom stereocenters. The predicted molar refractivity (Wildman–Crippen MR) is 49.6 cm³/mol. The molecule has 1 aliphatic heterocycles. The zero-order valence-electron chi connectivity index (χ0n) is 8.31. The van der Waals surface area contributed by atoms with Crippen molar-refractivity contribution in [2.45, 2.75) is 32.4 Å². The number of aliphatic hydroxyl groups excluding tert-OH is 1. The molecule has 0 amide bonds. The average Bonchev–Trinajstić information content (AvgIpc) is 2.76. The van der Waals surface area contributed by atoms with E-state index in [2.05, 4.69) is 15.0 Å². The van der Waals surface area contributed by atoms with Gasteiger partial charge < -0.3 is 9.63 Å². The highest BCUT2D eigenvalue weighted by Crippen LogP contribution is 2.18. The molecule has 1 fully saturated rings. The zero-order chi connectivity index (χ0) is 9.97. The normalized spacial score (nSPS) is 23.1. The van der Waals surface area contributed by atoms with Crippen LogP contribution in [0.25, 0.3) is 0 Å². The van der Waals surface area contributed by atoms with Gasteiger partial charge in [-0.05, 0) is 26.3 Å². The Hall–Kier alpha value is -0.940. The molecule has 5 heteroatoms. The van der Waals surface area contributed by atoms with Crippen LogP contribution in [0.1, 0.15) is 24.6 Å². The van der Waals surface area contributed by atoms with E-state index in [9.17, 15) is 0 Å². The number of aromatic nitrogens is 2. The monoisotopic (exact) mass is 197 g/mol. The minimum absolute atomic E-state index is 0.215. The minimum Gasteiger partial charge on any atom is -0.395 e. The molecule has 2 rings (SSSR count). The van der Waals surface area contributed by atoms with Crippen LogP contribution in [0.2, 0.25) is 0 Å². The molecule has 78 valence electrons. The first-order valence-corrected chi connectivity index (χ1v) is 4.93. The standard InChI is InChI=1S/C9H15N3O2/c1-7-10-9(14-11-7)5-12-4-2-3-8(12)6-13/h8,13H,2-6H2,1H3. The van der Waals surface area contributed by atoms with Gasteiger partial charge in [0, 0.05) is 6.04 Å². The van der Waals surface area contributed by atoms with E-state index in [4.69, 9.17) is 9.63 Å². The fourth-order valence-corrected chi connectivity index (χ4v) is 1.89. The SMILES string of the molecule is Cc1noc(CN2CCCC2CO)n1. The molecule has 1 unspecified atom stereocenters. The molecule has 1 N–H and O–H groups in total. The molecule has 0 radical (unpaired) electrons. The molecule has 0 saturated carbocycles. The van der Waals surface area contributed by atoms with Gasteiger partial charge >= 0.3 is 0 Å². The molecule has 0 aliphatic carbocycles. The zero-order valence-corrected chi connectivity index (χ0v) is 8.31. The van der Waals surface area contributed by atoms with E-state index in [1.54, 1.807) is 6.92 Å². The number of nitrogens with zero attached hydrogens (tertiary/aromatic N) is 3. The molecule has 5 nitrogen and oxygen atoms in total. The Labute approximate surface area is 82.7 Å². The van der Waals surface area contributed by atoms with Crippen LogP contribution < -0.4 is 0 Å². The van der Waals surface area contributed by atoms with E-state index in [-0.39, 0.29) is 12.6 Å². The van der Waals surface area contributed by atoms with Crippen molar-refractivity contribution < 1.29 is 9.63 Å². The number of hydrogen-bond donors (Lipinski definition) is 1. The van der Waals surface area contributed by atoms with Gasteiger partial charge in [0.15, 0.2) is 5.82 Å². The highest BCUT2D eigenvalue weighted by Gasteiger charge is 2.25. The van der Waals surface area contributed by atoms with E-state index >= 15 is 0 Å². The summed E-state index contributed by atoms with van der Waals surface area (Å²) in [6, 6.07) is 0.266. The molecule has 0 aromatic carbocycles. The maximum Gasteiger partial charge on any atom is 0.240 e. The Morgan fingerprint density at radius 3 is 3.14 bits per heavy atom. The Kier molecular flexibility index (Phi) is 2.79. The van der Waals surface area contributed by atoms with Gasteiger partial charge in [-0.15, -0.1) is 0 Å². The topological polar surface area (TPSA) is 62.4 Å². The molecule has 1 aromatic heterocycles. The van der Waals surface area contributed by atoms with Crippen molar-refractivity contribution in [1.29, 1.82) is 0 Å². The largest absolute Gasteiger partial charge is 0.395 e. The fraction of sp³-hybridized carbons (Fsp3) is 0.778. The van der Waals surface area contributed by atoms with Crippen LogP contribution >= 0.6 is 0 Å². The van der Waals surface area contributed by atoms with Crippen molar-refractivity contribution in [1.82, 2.24) is 15.0 Å². The smallest absolute Gasteiger partial charge is 0.240 e. The summed E-state index contributed by atoms with van der Waals surface area (Å²) in [5, 5.41) is 12.8. The third-order valence-corrected chi connectivity index (χ3v) is 2.62. The minimum atomic E-state index is 0.215. The van der Waals surface area contributed by atoms with E-state index < -0.39 is 0 Å². The molecule has 14 heavy (non-hydrogen) atoms. The molecule has 1 saturated heterocycles. The maximum atomic E-state index is 9.11. The van der Waals surface area contributed by atoms with Gasteiger partial charge in [0.2, 0.25) is 5.89 Å². The quantitative estimate of drug-likeness (QED) is 0.756. The van der Waals surface area contributed by atoms with Gasteiger partial charge in [0.05, 0.1) is 13.2 Å². The second-order valence-corrected chi connectivity index (χ2v) is 3.68. The number of aliphatic hydroxyl groups is 1. The molecular weight excluding hydrogens is 182 g/mol. The summed E-state index contributed by atoms with van der Waals surface area (Å²) in [5.41, 5.74) is 0. The maximum absolute atomic E-state index is 9.11. The summed E-state index contributed by atoms with van der Waals surface area (Å²) < 4.78 is 5.03. The van der Waals surface area contributed by atoms with Crippen molar-refractivity contribution in [3.05, 3.63) is 11.7 Å². The van der Waals surface area contributed by atoms with Gasteiger partial charge in [-0.3, -0.25) is 4.90 Å². The number of aryl methyl sites for hydroxylation is 1. The first-order chi connectivity index (χ1) is 6.79. The summed E-state index contributed by atoms with van der Waals surface area (Å²) in [7, 11) is 0. The summed E-state index contributed by atoms with van der Waals surface area (Å²) in [4.78, 5) is 6.33. The summed E-state index contributed by atoms with van der Waals surface area (Å²) >= 11 is 0. The summed E-state index contributed by atoms with van der Waals surface area (Å²) in [6.07, 6.45) is 2.20. The Morgan fingerprint density at radius 1 is 1.64 bits per heavy atom. The number of rotatable bonds is 3. The first-order valence-electron chi connectivity index (χ1n) is 4.93. The lowest BCUT2D eigenvalue weighted by atomic mass is 10.2. The van der Waals surface area contributed by atoms with Crippen LogP contribution in [0.15, 0.2) is 4.52 Å². The molecule has 1 aromatic rings. The van der Waals surface area contributed by atoms with Crippen LogP contribution in [0, 0.1) is 6.92 Å². The van der Waals surface area contributed by atoms with E-state index in [1.807, 2.05) is 0 Å². The van der Waals surface area contributed by atoms with E-state index in [0.717, 1.165) is 19.4 Å². The Bertz CT molecular complexity index is 300. The summed E-state index contributed by atoms with van der Waals surface area (Å²) in [6.45, 7) is 3.69. The third-order valence-electron chi connectivity index (χ3n) is 2.62. The lowest BCUT2D eigenvalue weighted by molar-refractivity contribution is 0.141. The number of likely N-dealkylation sites (tertiary alicyclic amines) is 1. The molecule has 1 aliphatic rings. The van der Waals surface area contributed by atoms with E-state index in [0.29, 0.717) is 18.3 Å². The van der Waals surface area contributed by atoms with Gasteiger partial charge in [0.25, 0.3) is 0 Å². The van der Waals surface area contributed by atoms with Crippen molar-refractivity contribution in [3.8, 4) is 0 Å². The van der Waals surface area contributed by atoms with Gasteiger partial charge in [0.1, 0.15) is 0 Å². The molecule has 0 bridgehead atoms. The van der Waals surface area contributed by atoms with Gasteiger partial charge in [-0.25, -0.2) is 0 Å². The predicted octanol–water partition coefficient (Wildman–Crippen LogP) is 0.335. The second-order valence-electron chi connectivity index (χ2n) is 3.68. The lowest BCUT2D eigenvalue weighted by Crippen LogP contribution is -2.31. The van der Waals surface area contributed by atoms with Crippen molar-refractivity contribution in [3.63, 3.8) is 0 Å². The van der Waals surface area contributed by atoms with Crippen molar-refractivity contribution >= 4 is 0 Å². The van der Waals surface area contributed by atoms with Crippen molar-refractivity contribution in [2.24, 2.45) is 0 Å². The molecule has 0 spiro atoms. The molecule has 2 heterocycles. The highest BCUT2D eigenvalue weighted by molar-refractivity contribution is 4.86. The van der Waals surface area contributed by atoms with Crippen LogP contribution in [0.3, 0.4) is 0 Å². The van der Waals surface area contributed by atoms with Crippen molar-refractivity contribution in [2.75, 3.05) is 13.2 Å². The van der Waals surface area contributed by atoms with Crippen LogP contribution in [0.5, 0.6) is 0 Å². The fourth-order valence-electron chi connectivity index (χ4n) is 1.89. The Balaban J connectivity index is 1.96. The first kappa shape index (κ1) is 9.61. The van der Waals surface area contributed by atoms with Gasteiger partial charge in [-0.2, -0.15) is 4.98 Å². The highest BCUT2D eigenvalue weighted by atomic mass is 16.5. The van der Waals surface area contributed by atoms with E-state index in [1.165, 1.54) is 0 Å². The summed E-state index contributed by atoms with van der Waals surface area (Å²) in [5.74, 6) is 1.31. The molecular formula is C9H15N3O2. The number of hydrogen-bond acceptors (Lipinski definition) is 5. The van der Waals surface area contributed by atoms with Crippen LogP contribution in [-0.2, 0) is 6.54 Å².